The van der Waals surface area contributed by atoms with E-state index < -0.39 is 30.1 Å². The van der Waals surface area contributed by atoms with E-state index >= 15 is 0 Å². The van der Waals surface area contributed by atoms with Crippen molar-refractivity contribution in [2.45, 2.75) is 25.5 Å². The Kier molecular flexibility index (Phi) is 15.4. The molecule has 0 fully saturated rings. The molecule has 3 amide bonds. The van der Waals surface area contributed by atoms with E-state index in [-0.39, 0.29) is 59.0 Å². The van der Waals surface area contributed by atoms with Gasteiger partial charge in [0.25, 0.3) is 0 Å². The van der Waals surface area contributed by atoms with Gasteiger partial charge < -0.3 is 40.0 Å². The molecule has 0 aromatic heterocycles. The van der Waals surface area contributed by atoms with E-state index in [2.05, 4.69) is 29.1 Å². The molecule has 2 aromatic carbocycles. The van der Waals surface area contributed by atoms with Crippen LogP contribution in [-0.2, 0) is 30.4 Å². The number of nitrogens with zero attached hydrogens (tertiary/aromatic N) is 1. The summed E-state index contributed by atoms with van der Waals surface area (Å²) in [5.41, 5.74) is 2.12. The Balaban J connectivity index is 1.91. The lowest BCUT2D eigenvalue weighted by atomic mass is 10.1. The van der Waals surface area contributed by atoms with Gasteiger partial charge in [0.2, 0.25) is 0 Å². The molecule has 0 saturated heterocycles. The topological polar surface area (TPSA) is 176 Å². The molecule has 13 nitrogen and oxygen atoms in total. The molecule has 0 aliphatic carbocycles. The van der Waals surface area contributed by atoms with Crippen molar-refractivity contribution >= 4 is 41.1 Å². The Bertz CT molecular complexity index is 1210. The lowest BCUT2D eigenvalue weighted by molar-refractivity contribution is -0.146. The van der Waals surface area contributed by atoms with Gasteiger partial charge in [-0.3, -0.25) is 10.1 Å². The summed E-state index contributed by atoms with van der Waals surface area (Å²) in [5.74, 6) is -1.28. The van der Waals surface area contributed by atoms with E-state index in [9.17, 15) is 29.4 Å². The van der Waals surface area contributed by atoms with Crippen LogP contribution in [0.3, 0.4) is 0 Å². The number of amides is 3. The third-order valence-electron chi connectivity index (χ3n) is 5.74. The average Bonchev–Trinajstić information content (AvgIpc) is 3.00. The van der Waals surface area contributed by atoms with Gasteiger partial charge in [-0.1, -0.05) is 49.6 Å². The van der Waals surface area contributed by atoms with Gasteiger partial charge in [0.1, 0.15) is 25.9 Å². The summed E-state index contributed by atoms with van der Waals surface area (Å²) in [6, 6.07) is 11.6. The molecule has 43 heavy (non-hydrogen) atoms. The summed E-state index contributed by atoms with van der Waals surface area (Å²) < 4.78 is 15.2. The van der Waals surface area contributed by atoms with Gasteiger partial charge in [0.15, 0.2) is 0 Å². The second-order valence-electron chi connectivity index (χ2n) is 8.93. The molecule has 0 radical (unpaired) electrons. The second-order valence-corrected chi connectivity index (χ2v) is 8.93. The zero-order valence-electron chi connectivity index (χ0n) is 23.8. The summed E-state index contributed by atoms with van der Waals surface area (Å²) in [7, 11) is 0. The fourth-order valence-electron chi connectivity index (χ4n) is 3.73. The van der Waals surface area contributed by atoms with Crippen LogP contribution in [0, 0.1) is 0 Å². The molecule has 0 aliphatic rings. The van der Waals surface area contributed by atoms with Crippen LogP contribution in [0.15, 0.2) is 73.8 Å². The number of nitrogens with one attached hydrogen (secondary N) is 3. The number of hydrogen-bond donors (Lipinski definition) is 5. The van der Waals surface area contributed by atoms with Crippen LogP contribution in [0.25, 0.3) is 0 Å². The highest BCUT2D eigenvalue weighted by Gasteiger charge is 2.23. The van der Waals surface area contributed by atoms with E-state index in [0.29, 0.717) is 22.6 Å². The van der Waals surface area contributed by atoms with Crippen LogP contribution in [0.2, 0.25) is 0 Å². The molecule has 0 aliphatic heterocycles. The molecule has 2 rings (SSSR count). The molecule has 232 valence electrons. The Morgan fingerprint density at radius 2 is 1.51 bits per heavy atom. The molecule has 0 spiro atoms. The van der Waals surface area contributed by atoms with Crippen molar-refractivity contribution in [3.05, 3.63) is 79.4 Å². The van der Waals surface area contributed by atoms with Crippen LogP contribution in [0.1, 0.15) is 18.4 Å². The Morgan fingerprint density at radius 3 is 2.16 bits per heavy atom. The molecule has 0 saturated carbocycles. The molecule has 0 bridgehead atoms. The highest BCUT2D eigenvalue weighted by atomic mass is 16.5. The molecule has 2 aromatic rings. The maximum absolute atomic E-state index is 12.6. The quantitative estimate of drug-likeness (QED) is 0.0974. The van der Waals surface area contributed by atoms with Crippen molar-refractivity contribution in [1.29, 1.82) is 0 Å². The summed E-state index contributed by atoms with van der Waals surface area (Å²) in [4.78, 5) is 50.9. The van der Waals surface area contributed by atoms with E-state index in [1.165, 1.54) is 12.2 Å². The number of aliphatic hydroxyl groups is 2. The maximum Gasteiger partial charge on any atom is 0.412 e. The van der Waals surface area contributed by atoms with Crippen molar-refractivity contribution in [2.24, 2.45) is 0 Å². The van der Waals surface area contributed by atoms with Crippen LogP contribution >= 0.6 is 0 Å². The predicted octanol–water partition coefficient (Wildman–Crippen LogP) is 2.96. The normalized spacial score (nSPS) is 10.9. The lowest BCUT2D eigenvalue weighted by Gasteiger charge is -2.25. The van der Waals surface area contributed by atoms with Crippen molar-refractivity contribution in [1.82, 2.24) is 5.32 Å². The first-order valence-electron chi connectivity index (χ1n) is 13.5. The van der Waals surface area contributed by atoms with Crippen LogP contribution < -0.4 is 20.9 Å². The summed E-state index contributed by atoms with van der Waals surface area (Å²) in [6.45, 7) is 7.16. The second kappa shape index (κ2) is 19.3. The van der Waals surface area contributed by atoms with E-state index in [1.807, 2.05) is 0 Å². The maximum atomic E-state index is 12.6. The minimum atomic E-state index is -1.10. The van der Waals surface area contributed by atoms with Crippen LogP contribution in [-0.4, -0.2) is 79.8 Å². The van der Waals surface area contributed by atoms with Crippen molar-refractivity contribution in [2.75, 3.05) is 55.1 Å². The Morgan fingerprint density at radius 1 is 0.860 bits per heavy atom. The van der Waals surface area contributed by atoms with Gasteiger partial charge in [0, 0.05) is 25.2 Å². The molecule has 0 heterocycles. The molecular formula is C30H38N4O9. The number of benzene rings is 2. The fourth-order valence-corrected chi connectivity index (χ4v) is 3.73. The van der Waals surface area contributed by atoms with Gasteiger partial charge in [-0.05, 0) is 36.2 Å². The number of para-hydroxylation sites is 2. The smallest absolute Gasteiger partial charge is 0.412 e. The van der Waals surface area contributed by atoms with Gasteiger partial charge >= 0.3 is 24.1 Å². The summed E-state index contributed by atoms with van der Waals surface area (Å²) >= 11 is 0. The number of urea groups is 1. The van der Waals surface area contributed by atoms with Crippen LogP contribution in [0.4, 0.5) is 26.7 Å². The number of rotatable bonds is 18. The standard InChI is InChI=1S/C30H38N4O9/c1-3-19-41-27(37)14-13-25(28(38)42-20-4-2)32-29(39)31-23-11-9-22(10-12-23)21-43-30(40)33-24-7-5-6-8-26(24)34(15-17-35)16-18-36/h3-12,25,35-36H,1-2,13-21H2,(H,33,40)(H2,31,32,39)/t25-/m0/s1. The predicted molar refractivity (Wildman–Crippen MR) is 161 cm³/mol. The number of aliphatic hydroxyl groups excluding tert-OH is 2. The SMILES string of the molecule is C=CCOC(=O)CC[C@H](NC(=O)Nc1ccc(COC(=O)Nc2ccccc2N(CCO)CCO)cc1)C(=O)OCC=C. The van der Waals surface area contributed by atoms with E-state index in [0.717, 1.165) is 0 Å². The first-order chi connectivity index (χ1) is 20.8. The number of hydrogen-bond acceptors (Lipinski definition) is 10. The summed E-state index contributed by atoms with van der Waals surface area (Å²) in [6.07, 6.45) is 1.93. The van der Waals surface area contributed by atoms with Gasteiger partial charge in [-0.25, -0.2) is 14.4 Å². The van der Waals surface area contributed by atoms with Crippen molar-refractivity contribution in [3.63, 3.8) is 0 Å². The monoisotopic (exact) mass is 598 g/mol. The van der Waals surface area contributed by atoms with Crippen molar-refractivity contribution in [3.8, 4) is 0 Å². The zero-order chi connectivity index (χ0) is 31.5. The number of carbonyl (C=O) groups excluding carboxylic acids is 4. The number of esters is 2. The Labute approximate surface area is 250 Å². The van der Waals surface area contributed by atoms with Gasteiger partial charge in [0.05, 0.1) is 24.6 Å². The third kappa shape index (κ3) is 12.7. The minimum Gasteiger partial charge on any atom is -0.461 e. The van der Waals surface area contributed by atoms with Gasteiger partial charge in [-0.15, -0.1) is 0 Å². The first-order valence-corrected chi connectivity index (χ1v) is 13.5. The highest BCUT2D eigenvalue weighted by molar-refractivity contribution is 5.93. The number of anilines is 3. The van der Waals surface area contributed by atoms with Crippen LogP contribution in [0.5, 0.6) is 0 Å². The summed E-state index contributed by atoms with van der Waals surface area (Å²) in [5, 5.41) is 26.4. The van der Waals surface area contributed by atoms with Crippen molar-refractivity contribution < 1.29 is 43.6 Å². The average molecular weight is 599 g/mol. The Hall–Kier alpha value is -4.88. The number of carbonyl (C=O) groups is 4. The highest BCUT2D eigenvalue weighted by Crippen LogP contribution is 2.25. The molecule has 13 heteroatoms. The molecule has 1 atom stereocenters. The lowest BCUT2D eigenvalue weighted by Crippen LogP contribution is -2.44. The molecule has 0 unspecified atom stereocenters. The van der Waals surface area contributed by atoms with Gasteiger partial charge in [-0.2, -0.15) is 0 Å². The van der Waals surface area contributed by atoms with E-state index in [4.69, 9.17) is 14.2 Å². The largest absolute Gasteiger partial charge is 0.461 e. The zero-order valence-corrected chi connectivity index (χ0v) is 23.8. The first kappa shape index (κ1) is 34.3. The third-order valence-corrected chi connectivity index (χ3v) is 5.74. The molecular weight excluding hydrogens is 560 g/mol. The molecule has 5 N–H and O–H groups in total. The van der Waals surface area contributed by atoms with E-state index in [1.54, 1.807) is 53.4 Å². The number of ether oxygens (including phenoxy) is 3. The minimum absolute atomic E-state index is 0.0353. The fraction of sp³-hybridized carbons (Fsp3) is 0.333.